The van der Waals surface area contributed by atoms with Crippen molar-refractivity contribution in [3.05, 3.63) is 93.8 Å². The van der Waals surface area contributed by atoms with Crippen LogP contribution in [0.2, 0.25) is 5.02 Å². The van der Waals surface area contributed by atoms with Crippen LogP contribution in [-0.2, 0) is 30.2 Å². The fraction of sp³-hybridized carbons (Fsp3) is 0.362. The lowest BCUT2D eigenvalue weighted by Gasteiger charge is -2.44. The van der Waals surface area contributed by atoms with E-state index < -0.39 is 51.8 Å². The van der Waals surface area contributed by atoms with E-state index in [9.17, 15) is 37.5 Å². The molecule has 0 radical (unpaired) electrons. The number of aliphatic carboxylic acids is 1. The van der Waals surface area contributed by atoms with Crippen LogP contribution in [0, 0.1) is 0 Å². The predicted octanol–water partition coefficient (Wildman–Crippen LogP) is 6.16. The zero-order valence-electron chi connectivity index (χ0n) is 37.3. The Balaban J connectivity index is 0.778. The molecule has 0 saturated carbocycles. The summed E-state index contributed by atoms with van der Waals surface area (Å²) in [6, 6.07) is 16.0. The van der Waals surface area contributed by atoms with Crippen molar-refractivity contribution in [3.8, 4) is 16.2 Å². The summed E-state index contributed by atoms with van der Waals surface area (Å²) in [5.41, 5.74) is 3.39. The van der Waals surface area contributed by atoms with E-state index in [-0.39, 0.29) is 64.6 Å². The molecular weight excluding hydrogens is 950 g/mol. The minimum absolute atomic E-state index is 0.0000141. The molecule has 0 spiro atoms. The third-order valence-electron chi connectivity index (χ3n) is 13.4. The first kappa shape index (κ1) is 46.1. The lowest BCUT2D eigenvalue weighted by molar-refractivity contribution is -0.139. The van der Waals surface area contributed by atoms with Gasteiger partial charge in [0, 0.05) is 54.3 Å². The quantitative estimate of drug-likeness (QED) is 0.0948. The van der Waals surface area contributed by atoms with Crippen LogP contribution >= 0.6 is 22.9 Å². The van der Waals surface area contributed by atoms with E-state index in [0.29, 0.717) is 64.8 Å². The number of ether oxygens (including phenoxy) is 1. The van der Waals surface area contributed by atoms with Gasteiger partial charge in [0.05, 0.1) is 23.0 Å². The maximum Gasteiger partial charge on any atom is 0.349 e. The molecule has 7 heterocycles. The van der Waals surface area contributed by atoms with E-state index in [1.807, 2.05) is 38.1 Å². The van der Waals surface area contributed by atoms with Gasteiger partial charge < -0.3 is 25.2 Å². The number of carbonyl (C=O) groups is 5. The first-order chi connectivity index (χ1) is 33.0. The fourth-order valence-corrected chi connectivity index (χ4v) is 13.5. The van der Waals surface area contributed by atoms with Crippen LogP contribution in [0.4, 0.5) is 17.2 Å². The van der Waals surface area contributed by atoms with E-state index in [2.05, 4.69) is 31.7 Å². The molecule has 10 rings (SSSR count). The Kier molecular flexibility index (Phi) is 11.8. The molecule has 0 bridgehead atoms. The number of rotatable bonds is 13. The largest absolute Gasteiger partial charge is 0.479 e. The second-order valence-electron chi connectivity index (χ2n) is 18.3. The third-order valence-corrected chi connectivity index (χ3v) is 17.0. The minimum atomic E-state index is -3.88. The average molecular weight is 997 g/mol. The van der Waals surface area contributed by atoms with Crippen molar-refractivity contribution in [1.29, 1.82) is 0 Å². The number of benzene rings is 3. The van der Waals surface area contributed by atoms with E-state index in [4.69, 9.17) is 26.4 Å². The topological polar surface area (TPSA) is 246 Å². The van der Waals surface area contributed by atoms with Crippen molar-refractivity contribution in [2.75, 3.05) is 41.4 Å². The minimum Gasteiger partial charge on any atom is -0.479 e. The fourth-order valence-electron chi connectivity index (χ4n) is 10.3. The molecule has 3 amide bonds. The number of carboxylic acids is 2. The van der Waals surface area contributed by atoms with Crippen LogP contribution in [0.15, 0.2) is 67.0 Å². The number of nitrogens with zero attached hydrogens (tertiary/aromatic N) is 7. The Labute approximate surface area is 404 Å². The molecule has 3 fully saturated rings. The molecule has 4 aliphatic rings. The van der Waals surface area contributed by atoms with Gasteiger partial charge in [0.25, 0.3) is 5.91 Å². The van der Waals surface area contributed by atoms with Gasteiger partial charge in [-0.1, -0.05) is 41.9 Å². The Hall–Kier alpha value is -6.68. The normalized spacial score (nSPS) is 19.9. The van der Waals surface area contributed by atoms with Crippen LogP contribution in [0.3, 0.4) is 0 Å². The number of hydrogen-bond acceptors (Lipinski definition) is 14. The number of sulfonamides is 1. The summed E-state index contributed by atoms with van der Waals surface area (Å²) >= 11 is 7.41. The van der Waals surface area contributed by atoms with Gasteiger partial charge in [-0.25, -0.2) is 32.5 Å². The lowest BCUT2D eigenvalue weighted by atomic mass is 9.85. The molecule has 2 unspecified atom stereocenters. The highest BCUT2D eigenvalue weighted by Crippen LogP contribution is 2.47. The molecule has 3 saturated heterocycles. The number of carbonyl (C=O) groups excluding carboxylic acids is 3. The number of anilines is 3. The van der Waals surface area contributed by atoms with Crippen molar-refractivity contribution in [1.82, 2.24) is 29.2 Å². The molecule has 2 atom stereocenters. The standard InChI is InChI=1S/C47H46ClN9O10S2/c1-47(2)20-28(50-27-6-3-5-26(19-27)42-40(48)41(67-23-38(59)60)43(68-42)46(63)64)15-18-56(47)69(65,66)24-34-49-21-35-51-36(22-55(35)53-34)54-16-13-25(14-17-54)29-9-10-32-39-30(29)7-4-8-31(39)45(62)57(32)33-11-12-37(58)52-44(33)61/h3-10,19,21-22,25,28,33,50H,11-18,20,23-24H2,1-2H3,(H,59,60)(H,63,64)(H,52,58,61). The van der Waals surface area contributed by atoms with E-state index in [1.165, 1.54) is 10.5 Å². The first-order valence-electron chi connectivity index (χ1n) is 22.4. The Morgan fingerprint density at radius 1 is 1.01 bits per heavy atom. The number of carboxylic acid groups (broad SMARTS) is 2. The van der Waals surface area contributed by atoms with Gasteiger partial charge in [-0.05, 0) is 92.6 Å². The molecule has 4 N–H and O–H groups in total. The molecular formula is C47H46ClN9O10S2. The number of aromatic carboxylic acids is 1. The SMILES string of the molecule is CC1(C)CC(Nc2cccc(-c3sc(C(=O)O)c(OCC(=O)O)c3Cl)c2)CCN1S(=O)(=O)Cc1ncc2nc(N3CCC(c4ccc5c6c(cccc46)C(=O)N5C4CCC(=O)NC4=O)CC3)cn2n1. The summed E-state index contributed by atoms with van der Waals surface area (Å²) < 4.78 is 36.4. The number of piperidine rings is 3. The van der Waals surface area contributed by atoms with Gasteiger partial charge in [0.1, 0.15) is 22.6 Å². The van der Waals surface area contributed by atoms with Crippen molar-refractivity contribution < 1.29 is 47.3 Å². The molecule has 69 heavy (non-hydrogen) atoms. The molecule has 358 valence electrons. The number of halogens is 1. The van der Waals surface area contributed by atoms with Gasteiger partial charge in [0.2, 0.25) is 21.8 Å². The highest BCUT2D eigenvalue weighted by atomic mass is 35.5. The van der Waals surface area contributed by atoms with E-state index in [0.717, 1.165) is 40.5 Å². The third kappa shape index (κ3) is 8.61. The van der Waals surface area contributed by atoms with Crippen LogP contribution < -0.4 is 25.2 Å². The molecule has 4 aliphatic heterocycles. The number of nitrogens with one attached hydrogen (secondary N) is 2. The van der Waals surface area contributed by atoms with Crippen molar-refractivity contribution >= 4 is 96.2 Å². The van der Waals surface area contributed by atoms with Gasteiger partial charge in [-0.15, -0.1) is 11.3 Å². The number of aromatic nitrogens is 4. The number of hydrogen-bond donors (Lipinski definition) is 4. The van der Waals surface area contributed by atoms with Crippen molar-refractivity contribution in [2.24, 2.45) is 0 Å². The molecule has 19 nitrogen and oxygen atoms in total. The number of imidazole rings is 1. The van der Waals surface area contributed by atoms with Crippen LogP contribution in [0.5, 0.6) is 5.75 Å². The number of imide groups is 1. The monoisotopic (exact) mass is 995 g/mol. The maximum absolute atomic E-state index is 14.1. The molecule has 3 aromatic carbocycles. The maximum atomic E-state index is 14.1. The summed E-state index contributed by atoms with van der Waals surface area (Å²) in [4.78, 5) is 74.5. The van der Waals surface area contributed by atoms with E-state index >= 15 is 0 Å². The summed E-state index contributed by atoms with van der Waals surface area (Å²) in [5, 5.41) is 31.1. The first-order valence-corrected chi connectivity index (χ1v) is 25.2. The van der Waals surface area contributed by atoms with Crippen molar-refractivity contribution in [2.45, 2.75) is 81.7 Å². The van der Waals surface area contributed by atoms with Crippen LogP contribution in [-0.4, -0.2) is 116 Å². The van der Waals surface area contributed by atoms with Crippen LogP contribution in [0.25, 0.3) is 26.9 Å². The van der Waals surface area contributed by atoms with Crippen LogP contribution in [0.1, 0.15) is 89.7 Å². The van der Waals surface area contributed by atoms with Gasteiger partial charge in [-0.3, -0.25) is 24.6 Å². The Morgan fingerprint density at radius 2 is 1.80 bits per heavy atom. The van der Waals surface area contributed by atoms with E-state index in [1.54, 1.807) is 39.9 Å². The summed E-state index contributed by atoms with van der Waals surface area (Å²) in [6.45, 7) is 4.64. The molecule has 22 heteroatoms. The Bertz CT molecular complexity index is 3240. The van der Waals surface area contributed by atoms with Gasteiger partial charge >= 0.3 is 11.9 Å². The summed E-state index contributed by atoms with van der Waals surface area (Å²) in [7, 11) is -3.88. The Morgan fingerprint density at radius 3 is 2.54 bits per heavy atom. The van der Waals surface area contributed by atoms with Gasteiger partial charge in [-0.2, -0.15) is 9.40 Å². The molecule has 3 aromatic heterocycles. The number of thiophene rings is 1. The average Bonchev–Trinajstić information content (AvgIpc) is 3.97. The smallest absolute Gasteiger partial charge is 0.349 e. The molecule has 0 aliphatic carbocycles. The zero-order chi connectivity index (χ0) is 48.5. The van der Waals surface area contributed by atoms with Gasteiger partial charge in [0.15, 0.2) is 28.7 Å². The second kappa shape index (κ2) is 17.7. The predicted molar refractivity (Wildman–Crippen MR) is 257 cm³/mol. The molecule has 6 aromatic rings. The highest BCUT2D eigenvalue weighted by Gasteiger charge is 2.43. The number of fused-ring (bicyclic) bond motifs is 1. The zero-order valence-corrected chi connectivity index (χ0v) is 39.7. The summed E-state index contributed by atoms with van der Waals surface area (Å²) in [6.07, 6.45) is 6.37. The van der Waals surface area contributed by atoms with Crippen molar-refractivity contribution in [3.63, 3.8) is 0 Å². The lowest BCUT2D eigenvalue weighted by Crippen LogP contribution is -2.55. The number of amides is 3. The highest BCUT2D eigenvalue weighted by molar-refractivity contribution is 7.88. The summed E-state index contributed by atoms with van der Waals surface area (Å²) in [5.74, 6) is -3.17. The second-order valence-corrected chi connectivity index (χ2v) is 21.6.